The molecule has 0 amide bonds. The van der Waals surface area contributed by atoms with Gasteiger partial charge in [-0.2, -0.15) is 0 Å². The molecule has 0 aromatic carbocycles. The summed E-state index contributed by atoms with van der Waals surface area (Å²) in [5.41, 5.74) is 1.39. The van der Waals surface area contributed by atoms with Crippen LogP contribution in [0.15, 0.2) is 37.4 Å². The summed E-state index contributed by atoms with van der Waals surface area (Å²) >= 11 is 0. The molecule has 3 rings (SSSR count). The molecule has 1 aromatic rings. The zero-order chi connectivity index (χ0) is 24.7. The summed E-state index contributed by atoms with van der Waals surface area (Å²) in [6.07, 6.45) is 10.3. The number of carbonyl (C=O) groups is 1. The summed E-state index contributed by atoms with van der Waals surface area (Å²) in [4.78, 5) is 23.0. The number of aliphatic hydroxyl groups excluding tert-OH is 2. The first-order valence-corrected chi connectivity index (χ1v) is 12.2. The minimum atomic E-state index is -0.797. The molecular weight excluding hydrogens is 436 g/mol. The summed E-state index contributed by atoms with van der Waals surface area (Å²) in [7, 11) is 0. The van der Waals surface area contributed by atoms with Crippen LogP contribution >= 0.6 is 0 Å². The van der Waals surface area contributed by atoms with Crippen molar-refractivity contribution in [1.82, 2.24) is 0 Å². The maximum Gasteiger partial charge on any atom is 0.519 e. The van der Waals surface area contributed by atoms with E-state index in [0.717, 1.165) is 25.7 Å². The largest absolute Gasteiger partial charge is 0.519 e. The third kappa shape index (κ3) is 6.97. The highest BCUT2D eigenvalue weighted by atomic mass is 16.6. The molecule has 6 unspecified atom stereocenters. The number of aliphatic hydroxyl groups is 2. The van der Waals surface area contributed by atoms with Gasteiger partial charge in [-0.3, -0.25) is 4.79 Å². The average Bonchev–Trinajstić information content (AvgIpc) is 3.43. The lowest BCUT2D eigenvalue weighted by Gasteiger charge is -2.19. The molecule has 6 atom stereocenters. The highest BCUT2D eigenvalue weighted by molar-refractivity contribution is 5.69. The number of fused-ring (bicyclic) bond motifs is 1. The van der Waals surface area contributed by atoms with Gasteiger partial charge in [0.25, 0.3) is 0 Å². The maximum absolute atomic E-state index is 11.9. The Kier molecular flexibility index (Phi) is 9.37. The normalized spacial score (nSPS) is 26.9. The summed E-state index contributed by atoms with van der Waals surface area (Å²) in [5.74, 6) is 6.28. The Morgan fingerprint density at radius 2 is 2.12 bits per heavy atom. The van der Waals surface area contributed by atoms with E-state index in [1.807, 2.05) is 19.1 Å². The Bertz CT molecular complexity index is 1000. The van der Waals surface area contributed by atoms with E-state index in [1.165, 1.54) is 5.57 Å². The quantitative estimate of drug-likeness (QED) is 0.229. The maximum atomic E-state index is 11.9. The van der Waals surface area contributed by atoms with Crippen LogP contribution in [-0.4, -0.2) is 28.4 Å². The van der Waals surface area contributed by atoms with E-state index in [-0.39, 0.29) is 36.3 Å². The molecule has 1 heterocycles. The number of unbranched alkanes of at least 4 members (excludes halogenated alkanes) is 1. The van der Waals surface area contributed by atoms with Crippen molar-refractivity contribution in [2.24, 2.45) is 23.7 Å². The monoisotopic (exact) mass is 472 g/mol. The van der Waals surface area contributed by atoms with E-state index in [0.29, 0.717) is 36.9 Å². The van der Waals surface area contributed by atoms with Gasteiger partial charge in [-0.25, -0.2) is 4.79 Å². The molecule has 0 spiro atoms. The lowest BCUT2D eigenvalue weighted by Crippen LogP contribution is -2.19. The molecule has 0 radical (unpaired) electrons. The van der Waals surface area contributed by atoms with Crippen LogP contribution in [0.4, 0.5) is 0 Å². The number of hydrogen-bond donors (Lipinski definition) is 2. The topological polar surface area (TPSA) is 110 Å². The van der Waals surface area contributed by atoms with Crippen molar-refractivity contribution in [1.29, 1.82) is 0 Å². The van der Waals surface area contributed by atoms with Gasteiger partial charge in [0.1, 0.15) is 0 Å². The van der Waals surface area contributed by atoms with E-state index in [1.54, 1.807) is 13.8 Å². The van der Waals surface area contributed by atoms with Crippen LogP contribution in [0.5, 0.6) is 0 Å². The summed E-state index contributed by atoms with van der Waals surface area (Å²) in [5, 5.41) is 20.9. The zero-order valence-corrected chi connectivity index (χ0v) is 20.3. The van der Waals surface area contributed by atoms with Gasteiger partial charge in [-0.05, 0) is 63.7 Å². The molecule has 2 saturated carbocycles. The minimum Gasteiger partial charge on any atom is -0.457 e. The highest BCUT2D eigenvalue weighted by Crippen LogP contribution is 2.50. The second kappa shape index (κ2) is 12.2. The number of hydrogen-bond acceptors (Lipinski definition) is 7. The molecule has 2 aliphatic carbocycles. The van der Waals surface area contributed by atoms with Gasteiger partial charge in [0, 0.05) is 18.8 Å². The van der Waals surface area contributed by atoms with E-state index in [2.05, 4.69) is 17.9 Å². The molecule has 34 heavy (non-hydrogen) atoms. The lowest BCUT2D eigenvalue weighted by atomic mass is 9.89. The second-order valence-electron chi connectivity index (χ2n) is 9.55. The Morgan fingerprint density at radius 3 is 2.82 bits per heavy atom. The number of carbonyl (C=O) groups excluding carboxylic acids is 1. The van der Waals surface area contributed by atoms with Crippen LogP contribution in [0.25, 0.3) is 0 Å². The van der Waals surface area contributed by atoms with E-state index in [4.69, 9.17) is 13.6 Å². The zero-order valence-electron chi connectivity index (χ0n) is 20.3. The van der Waals surface area contributed by atoms with Crippen molar-refractivity contribution in [3.8, 4) is 11.8 Å². The smallest absolute Gasteiger partial charge is 0.457 e. The third-order valence-corrected chi connectivity index (χ3v) is 7.04. The summed E-state index contributed by atoms with van der Waals surface area (Å²) < 4.78 is 14.7. The first-order chi connectivity index (χ1) is 16.3. The van der Waals surface area contributed by atoms with Crippen molar-refractivity contribution >= 4 is 5.97 Å². The van der Waals surface area contributed by atoms with E-state index in [9.17, 15) is 19.8 Å². The molecule has 186 valence electrons. The number of esters is 1. The fourth-order valence-corrected chi connectivity index (χ4v) is 5.03. The number of ether oxygens (including phenoxy) is 1. The first kappa shape index (κ1) is 26.1. The van der Waals surface area contributed by atoms with Gasteiger partial charge in [-0.15, -0.1) is 11.8 Å². The predicted octanol–water partition coefficient (Wildman–Crippen LogP) is 4.05. The minimum absolute atomic E-state index is 0.0611. The van der Waals surface area contributed by atoms with Crippen LogP contribution < -0.4 is 5.82 Å². The van der Waals surface area contributed by atoms with Gasteiger partial charge < -0.3 is 23.8 Å². The van der Waals surface area contributed by atoms with Crippen LogP contribution in [0.1, 0.15) is 70.3 Å². The van der Waals surface area contributed by atoms with Crippen LogP contribution in [-0.2, 0) is 16.1 Å². The van der Waals surface area contributed by atoms with Crippen LogP contribution in [0.2, 0.25) is 0 Å². The van der Waals surface area contributed by atoms with E-state index < -0.39 is 11.9 Å². The number of allylic oxidation sites excluding steroid dienone is 2. The Morgan fingerprint density at radius 1 is 1.32 bits per heavy atom. The number of aryl methyl sites for hydroxylation is 1. The van der Waals surface area contributed by atoms with Gasteiger partial charge >= 0.3 is 11.8 Å². The number of rotatable bonds is 10. The lowest BCUT2D eigenvalue weighted by molar-refractivity contribution is -0.145. The molecule has 2 N–H and O–H groups in total. The Balaban J connectivity index is 1.42. The summed E-state index contributed by atoms with van der Waals surface area (Å²) in [6, 6.07) is 0. The molecule has 0 saturated heterocycles. The molecule has 0 bridgehead atoms. The molecule has 2 aliphatic rings. The molecule has 2 fully saturated rings. The van der Waals surface area contributed by atoms with Gasteiger partial charge in [0.2, 0.25) is 0 Å². The molecule has 7 heteroatoms. The second-order valence-corrected chi connectivity index (χ2v) is 9.55. The fraction of sp³-hybridized carbons (Fsp3) is 0.630. The van der Waals surface area contributed by atoms with Crippen molar-refractivity contribution in [2.75, 3.05) is 0 Å². The van der Waals surface area contributed by atoms with E-state index >= 15 is 0 Å². The standard InChI is InChI=1S/C27H36O7/c1-4-5-8-17(2)23(28)12-11-21-22-14-19(13-20(22)15-24(21)29)9-6-7-10-26(30)32-16-25-18(3)33-27(31)34-25/h9,11-12,17,20-24,28-29H,6-8,10,13-16H2,1-3H3. The van der Waals surface area contributed by atoms with Crippen molar-refractivity contribution in [2.45, 2.75) is 84.5 Å². The van der Waals surface area contributed by atoms with Crippen molar-refractivity contribution in [3.63, 3.8) is 0 Å². The molecular formula is C27H36O7. The Hall–Kier alpha value is -2.56. The highest BCUT2D eigenvalue weighted by Gasteiger charge is 2.45. The van der Waals surface area contributed by atoms with Crippen LogP contribution in [0.3, 0.4) is 0 Å². The van der Waals surface area contributed by atoms with Gasteiger partial charge in [0.05, 0.1) is 12.2 Å². The average molecular weight is 473 g/mol. The Labute approximate surface area is 200 Å². The van der Waals surface area contributed by atoms with Crippen molar-refractivity contribution in [3.05, 3.63) is 45.9 Å². The molecule has 0 aliphatic heterocycles. The summed E-state index contributed by atoms with van der Waals surface area (Å²) in [6.45, 7) is 5.27. The first-order valence-electron chi connectivity index (χ1n) is 12.2. The van der Waals surface area contributed by atoms with Gasteiger partial charge in [0.15, 0.2) is 18.1 Å². The molecule has 7 nitrogen and oxygen atoms in total. The van der Waals surface area contributed by atoms with Gasteiger partial charge in [-0.1, -0.05) is 30.7 Å². The SMILES string of the molecule is CC#CCC(C)C(O)C=CC1C(O)CC2CC(=CCCCC(=O)OCc3oc(=O)oc3C)CC21. The predicted molar refractivity (Wildman–Crippen MR) is 126 cm³/mol. The molecule has 1 aromatic heterocycles. The van der Waals surface area contributed by atoms with Crippen LogP contribution in [0, 0.1) is 42.4 Å². The third-order valence-electron chi connectivity index (χ3n) is 7.04. The van der Waals surface area contributed by atoms with Crippen molar-refractivity contribution < 1.29 is 28.6 Å². The fourth-order valence-electron chi connectivity index (χ4n) is 5.03.